The van der Waals surface area contributed by atoms with Crippen LogP contribution in [0.1, 0.15) is 30.7 Å². The Morgan fingerprint density at radius 3 is 2.74 bits per heavy atom. The number of amides is 3. The van der Waals surface area contributed by atoms with Crippen LogP contribution in [-0.4, -0.2) is 32.7 Å². The number of nitrogens with one attached hydrogen (secondary N) is 1. The van der Waals surface area contributed by atoms with Crippen molar-refractivity contribution in [2.75, 3.05) is 4.90 Å². The van der Waals surface area contributed by atoms with Gasteiger partial charge in [-0.2, -0.15) is 5.10 Å². The van der Waals surface area contributed by atoms with Crippen LogP contribution < -0.4 is 10.2 Å². The maximum atomic E-state index is 13.7. The highest BCUT2D eigenvalue weighted by Crippen LogP contribution is 2.45. The molecule has 0 spiro atoms. The third kappa shape index (κ3) is 3.96. The molecule has 0 bridgehead atoms. The van der Waals surface area contributed by atoms with Crippen LogP contribution in [0.5, 0.6) is 0 Å². The Kier molecular flexibility index (Phi) is 5.63. The van der Waals surface area contributed by atoms with Crippen LogP contribution in [0.2, 0.25) is 5.02 Å². The monoisotopic (exact) mass is 535 g/mol. The van der Waals surface area contributed by atoms with E-state index >= 15 is 0 Å². The minimum absolute atomic E-state index is 0.105. The summed E-state index contributed by atoms with van der Waals surface area (Å²) in [5.74, 6) is -0.359. The fourth-order valence-corrected chi connectivity index (χ4v) is 6.72. The standard InChI is InChI=1S/C31H26ClN5O2/c1-36-17-21-10-9-18(13-26(21)35-36)23-7-4-8-25(32)29(23)19-11-12-24-27(14-19)34-31(39)37(30(24)38)28-16-33-15-20-5-2-3-6-22(20)28/h2-10,13,15-17,19,24,27H,11-12,14H2,1H3,(H,34,39). The number of nitrogens with zero attached hydrogens (tertiary/aromatic N) is 4. The number of halogens is 1. The summed E-state index contributed by atoms with van der Waals surface area (Å²) in [7, 11) is 1.92. The van der Waals surface area contributed by atoms with Gasteiger partial charge in [-0.3, -0.25) is 14.5 Å². The number of pyridine rings is 1. The lowest BCUT2D eigenvalue weighted by Crippen LogP contribution is -2.61. The zero-order chi connectivity index (χ0) is 26.7. The predicted molar refractivity (Wildman–Crippen MR) is 153 cm³/mol. The number of rotatable bonds is 3. The molecule has 3 heterocycles. The molecule has 3 atom stereocenters. The van der Waals surface area contributed by atoms with E-state index in [4.69, 9.17) is 11.6 Å². The summed E-state index contributed by atoms with van der Waals surface area (Å²) < 4.78 is 1.81. The van der Waals surface area contributed by atoms with Crippen molar-refractivity contribution in [2.45, 2.75) is 31.2 Å². The van der Waals surface area contributed by atoms with Crippen LogP contribution in [0.3, 0.4) is 0 Å². The quantitative estimate of drug-likeness (QED) is 0.288. The Morgan fingerprint density at radius 1 is 0.974 bits per heavy atom. The molecule has 3 amide bonds. The molecule has 0 radical (unpaired) electrons. The number of aromatic nitrogens is 3. The van der Waals surface area contributed by atoms with Crippen molar-refractivity contribution < 1.29 is 9.59 Å². The van der Waals surface area contributed by atoms with Crippen LogP contribution in [-0.2, 0) is 11.8 Å². The predicted octanol–water partition coefficient (Wildman–Crippen LogP) is 6.45. The molecule has 194 valence electrons. The molecule has 39 heavy (non-hydrogen) atoms. The van der Waals surface area contributed by atoms with Crippen LogP contribution in [0, 0.1) is 5.92 Å². The second-order valence-electron chi connectivity index (χ2n) is 10.5. The number of fused-ring (bicyclic) bond motifs is 3. The molecule has 1 saturated carbocycles. The number of aryl methyl sites for hydroxylation is 1. The average molecular weight is 536 g/mol. The van der Waals surface area contributed by atoms with E-state index in [1.165, 1.54) is 4.90 Å². The normalized spacial score (nSPS) is 21.3. The lowest BCUT2D eigenvalue weighted by atomic mass is 9.72. The van der Waals surface area contributed by atoms with Gasteiger partial charge in [0.15, 0.2) is 0 Å². The van der Waals surface area contributed by atoms with Gasteiger partial charge in [-0.15, -0.1) is 0 Å². The van der Waals surface area contributed by atoms with Crippen molar-refractivity contribution in [1.29, 1.82) is 0 Å². The van der Waals surface area contributed by atoms with Crippen LogP contribution in [0.15, 0.2) is 79.3 Å². The van der Waals surface area contributed by atoms with Gasteiger partial charge in [0.05, 0.1) is 23.3 Å². The highest BCUT2D eigenvalue weighted by Gasteiger charge is 2.46. The van der Waals surface area contributed by atoms with Crippen LogP contribution >= 0.6 is 11.6 Å². The number of urea groups is 1. The molecule has 3 unspecified atom stereocenters. The first kappa shape index (κ1) is 23.9. The van der Waals surface area contributed by atoms with Crippen molar-refractivity contribution in [2.24, 2.45) is 13.0 Å². The maximum Gasteiger partial charge on any atom is 0.329 e. The van der Waals surface area contributed by atoms with Crippen LogP contribution in [0.25, 0.3) is 32.8 Å². The summed E-state index contributed by atoms with van der Waals surface area (Å²) in [6.07, 6.45) is 7.44. The number of hydrogen-bond acceptors (Lipinski definition) is 4. The molecule has 8 heteroatoms. The van der Waals surface area contributed by atoms with E-state index in [1.807, 2.05) is 54.3 Å². The minimum Gasteiger partial charge on any atom is -0.334 e. The van der Waals surface area contributed by atoms with Gasteiger partial charge in [-0.05, 0) is 54.0 Å². The molecule has 1 aliphatic carbocycles. The molecular formula is C31H26ClN5O2. The molecule has 1 saturated heterocycles. The van der Waals surface area contributed by atoms with Gasteiger partial charge in [0.1, 0.15) is 0 Å². The summed E-state index contributed by atoms with van der Waals surface area (Å²) in [6, 6.07) is 19.3. The van der Waals surface area contributed by atoms with Gasteiger partial charge < -0.3 is 5.32 Å². The van der Waals surface area contributed by atoms with E-state index in [2.05, 4.69) is 39.7 Å². The topological polar surface area (TPSA) is 80.1 Å². The Morgan fingerprint density at radius 2 is 1.85 bits per heavy atom. The zero-order valence-corrected chi connectivity index (χ0v) is 22.1. The first-order valence-electron chi connectivity index (χ1n) is 13.2. The van der Waals surface area contributed by atoms with Crippen molar-refractivity contribution in [1.82, 2.24) is 20.1 Å². The number of imide groups is 1. The maximum absolute atomic E-state index is 13.7. The number of anilines is 1. The van der Waals surface area contributed by atoms with Crippen molar-refractivity contribution in [3.8, 4) is 11.1 Å². The summed E-state index contributed by atoms with van der Waals surface area (Å²) in [5.41, 5.74) is 4.64. The highest BCUT2D eigenvalue weighted by molar-refractivity contribution is 6.32. The molecule has 1 N–H and O–H groups in total. The highest BCUT2D eigenvalue weighted by atomic mass is 35.5. The van der Waals surface area contributed by atoms with E-state index in [0.29, 0.717) is 23.6 Å². The molecule has 2 aliphatic rings. The SMILES string of the molecule is Cn1cc2ccc(-c3cccc(Cl)c3C3CCC4C(=O)N(c5cncc6ccccc56)C(=O)NC4C3)cc2n1. The lowest BCUT2D eigenvalue weighted by Gasteiger charge is -2.43. The van der Waals surface area contributed by atoms with Gasteiger partial charge in [0.2, 0.25) is 5.91 Å². The molecular weight excluding hydrogens is 510 g/mol. The number of benzene rings is 3. The number of carbonyl (C=O) groups excluding carboxylic acids is 2. The largest absolute Gasteiger partial charge is 0.334 e. The summed E-state index contributed by atoms with van der Waals surface area (Å²) in [6.45, 7) is 0. The summed E-state index contributed by atoms with van der Waals surface area (Å²) in [5, 5.41) is 11.2. The Hall–Kier alpha value is -4.23. The summed E-state index contributed by atoms with van der Waals surface area (Å²) in [4.78, 5) is 32.7. The van der Waals surface area contributed by atoms with E-state index < -0.39 is 6.03 Å². The van der Waals surface area contributed by atoms with Gasteiger partial charge in [-0.1, -0.05) is 60.1 Å². The van der Waals surface area contributed by atoms with Gasteiger partial charge in [0.25, 0.3) is 0 Å². The first-order valence-corrected chi connectivity index (χ1v) is 13.5. The van der Waals surface area contributed by atoms with E-state index in [1.54, 1.807) is 12.4 Å². The Bertz CT molecular complexity index is 1770. The molecule has 5 aromatic rings. The summed E-state index contributed by atoms with van der Waals surface area (Å²) >= 11 is 6.84. The number of carbonyl (C=O) groups is 2. The fourth-order valence-electron chi connectivity index (χ4n) is 6.39. The van der Waals surface area contributed by atoms with E-state index in [0.717, 1.165) is 44.8 Å². The molecule has 2 aromatic heterocycles. The second-order valence-corrected chi connectivity index (χ2v) is 10.9. The van der Waals surface area contributed by atoms with Crippen LogP contribution in [0.4, 0.5) is 10.5 Å². The molecule has 7 rings (SSSR count). The van der Waals surface area contributed by atoms with E-state index in [-0.39, 0.29) is 23.8 Å². The zero-order valence-electron chi connectivity index (χ0n) is 21.3. The molecule has 2 fully saturated rings. The first-order chi connectivity index (χ1) is 19.0. The Balaban J connectivity index is 1.20. The third-order valence-corrected chi connectivity index (χ3v) is 8.51. The number of hydrogen-bond donors (Lipinski definition) is 1. The average Bonchev–Trinajstić information content (AvgIpc) is 3.32. The minimum atomic E-state index is -0.403. The lowest BCUT2D eigenvalue weighted by molar-refractivity contribution is -0.124. The van der Waals surface area contributed by atoms with E-state index in [9.17, 15) is 9.59 Å². The van der Waals surface area contributed by atoms with Gasteiger partial charge in [-0.25, -0.2) is 9.69 Å². The molecule has 3 aromatic carbocycles. The molecule has 1 aliphatic heterocycles. The van der Waals surface area contributed by atoms with Crippen molar-refractivity contribution in [3.63, 3.8) is 0 Å². The smallest absolute Gasteiger partial charge is 0.329 e. The van der Waals surface area contributed by atoms with Crippen molar-refractivity contribution in [3.05, 3.63) is 89.8 Å². The Labute approximate surface area is 230 Å². The van der Waals surface area contributed by atoms with Crippen molar-refractivity contribution >= 4 is 50.9 Å². The van der Waals surface area contributed by atoms with Gasteiger partial charge >= 0.3 is 6.03 Å². The molecule has 7 nitrogen and oxygen atoms in total. The fraction of sp³-hybridized carbons (Fsp3) is 0.226. The second kappa shape index (κ2) is 9.20. The third-order valence-electron chi connectivity index (χ3n) is 8.18. The van der Waals surface area contributed by atoms with Gasteiger partial charge in [0, 0.05) is 46.7 Å².